The Morgan fingerprint density at radius 3 is 2.79 bits per heavy atom. The van der Waals surface area contributed by atoms with E-state index >= 15 is 0 Å². The molecule has 0 aliphatic carbocycles. The van der Waals surface area contributed by atoms with Gasteiger partial charge in [-0.3, -0.25) is 10.1 Å². The lowest BCUT2D eigenvalue weighted by Gasteiger charge is -1.93. The molecule has 0 bridgehead atoms. The summed E-state index contributed by atoms with van der Waals surface area (Å²) >= 11 is 5.07. The van der Waals surface area contributed by atoms with Crippen molar-refractivity contribution in [1.29, 1.82) is 0 Å². The standard InChI is InChI=1S/C8H5NO3S2/c10-7-6-4(13)2-1-3-5(6)14-8(7)9(11)12/h1-3,10,13H. The van der Waals surface area contributed by atoms with E-state index in [2.05, 4.69) is 12.6 Å². The van der Waals surface area contributed by atoms with E-state index in [1.807, 2.05) is 0 Å². The van der Waals surface area contributed by atoms with Crippen molar-refractivity contribution in [2.24, 2.45) is 0 Å². The summed E-state index contributed by atoms with van der Waals surface area (Å²) in [5.41, 5.74) is 0. The van der Waals surface area contributed by atoms with Gasteiger partial charge in [0.25, 0.3) is 0 Å². The first kappa shape index (κ1) is 9.29. The Morgan fingerprint density at radius 2 is 2.21 bits per heavy atom. The number of rotatable bonds is 1. The van der Waals surface area contributed by atoms with Crippen molar-refractivity contribution in [3.63, 3.8) is 0 Å². The number of hydrogen-bond acceptors (Lipinski definition) is 5. The van der Waals surface area contributed by atoms with Crippen LogP contribution in [0.3, 0.4) is 0 Å². The molecular weight excluding hydrogens is 222 g/mol. The molecule has 0 saturated heterocycles. The third kappa shape index (κ3) is 1.23. The van der Waals surface area contributed by atoms with Crippen LogP contribution in [-0.2, 0) is 0 Å². The van der Waals surface area contributed by atoms with Crippen LogP contribution >= 0.6 is 24.0 Å². The number of nitro groups is 1. The molecule has 1 heterocycles. The van der Waals surface area contributed by atoms with Crippen molar-refractivity contribution in [1.82, 2.24) is 0 Å². The summed E-state index contributed by atoms with van der Waals surface area (Å²) in [5.74, 6) is -0.291. The van der Waals surface area contributed by atoms with Crippen molar-refractivity contribution in [2.45, 2.75) is 4.90 Å². The summed E-state index contributed by atoms with van der Waals surface area (Å²) in [7, 11) is 0. The van der Waals surface area contributed by atoms with E-state index in [4.69, 9.17) is 0 Å². The van der Waals surface area contributed by atoms with Crippen LogP contribution in [0.2, 0.25) is 0 Å². The summed E-state index contributed by atoms with van der Waals surface area (Å²) in [4.78, 5) is 10.5. The molecule has 14 heavy (non-hydrogen) atoms. The van der Waals surface area contributed by atoms with E-state index in [-0.39, 0.29) is 10.8 Å². The van der Waals surface area contributed by atoms with Gasteiger partial charge in [0.1, 0.15) is 0 Å². The first-order valence-electron chi connectivity index (χ1n) is 3.69. The first-order valence-corrected chi connectivity index (χ1v) is 4.95. The average Bonchev–Trinajstić information content (AvgIpc) is 2.45. The molecule has 72 valence electrons. The minimum atomic E-state index is -0.590. The molecule has 1 aromatic carbocycles. The van der Waals surface area contributed by atoms with E-state index in [9.17, 15) is 15.2 Å². The zero-order chi connectivity index (χ0) is 10.3. The van der Waals surface area contributed by atoms with Crippen LogP contribution in [0.4, 0.5) is 5.00 Å². The van der Waals surface area contributed by atoms with Crippen molar-refractivity contribution in [2.75, 3.05) is 0 Å². The zero-order valence-electron chi connectivity index (χ0n) is 6.80. The highest BCUT2D eigenvalue weighted by Crippen LogP contribution is 2.44. The van der Waals surface area contributed by atoms with Gasteiger partial charge < -0.3 is 5.11 Å². The molecule has 1 N–H and O–H groups in total. The van der Waals surface area contributed by atoms with E-state index in [1.54, 1.807) is 18.2 Å². The maximum absolute atomic E-state index is 10.5. The van der Waals surface area contributed by atoms with Gasteiger partial charge >= 0.3 is 5.00 Å². The largest absolute Gasteiger partial charge is 0.501 e. The van der Waals surface area contributed by atoms with Crippen LogP contribution < -0.4 is 0 Å². The Kier molecular flexibility index (Phi) is 2.09. The topological polar surface area (TPSA) is 63.4 Å². The summed E-state index contributed by atoms with van der Waals surface area (Å²) in [6.07, 6.45) is 0. The zero-order valence-corrected chi connectivity index (χ0v) is 8.51. The Balaban J connectivity index is 2.87. The fraction of sp³-hybridized carbons (Fsp3) is 0. The molecule has 4 nitrogen and oxygen atoms in total. The molecular formula is C8H5NO3S2. The number of thiol groups is 1. The summed E-state index contributed by atoms with van der Waals surface area (Å²) in [5, 5.41) is 20.3. The average molecular weight is 227 g/mol. The predicted molar refractivity (Wildman–Crippen MR) is 57.4 cm³/mol. The monoisotopic (exact) mass is 227 g/mol. The molecule has 2 rings (SSSR count). The molecule has 0 spiro atoms. The highest BCUT2D eigenvalue weighted by Gasteiger charge is 2.21. The van der Waals surface area contributed by atoms with Gasteiger partial charge in [0.2, 0.25) is 5.75 Å². The normalized spacial score (nSPS) is 10.6. The summed E-state index contributed by atoms with van der Waals surface area (Å²) in [6, 6.07) is 5.14. The molecule has 1 aromatic heterocycles. The number of hydrogen-bond donors (Lipinski definition) is 2. The molecule has 0 aliphatic rings. The first-order chi connectivity index (χ1) is 6.61. The molecule has 0 radical (unpaired) electrons. The molecule has 0 amide bonds. The molecule has 2 aromatic rings. The highest BCUT2D eigenvalue weighted by molar-refractivity contribution is 7.80. The number of nitrogens with zero attached hydrogens (tertiary/aromatic N) is 1. The maximum Gasteiger partial charge on any atom is 0.366 e. The van der Waals surface area contributed by atoms with Crippen LogP contribution in [0, 0.1) is 10.1 Å². The number of aromatic hydroxyl groups is 1. The number of thiophene rings is 1. The fourth-order valence-corrected chi connectivity index (χ4v) is 2.55. The Bertz CT molecular complexity index is 521. The van der Waals surface area contributed by atoms with Gasteiger partial charge in [-0.2, -0.15) is 0 Å². The second kappa shape index (κ2) is 3.14. The predicted octanol–water partition coefficient (Wildman–Crippen LogP) is 2.80. The Labute approximate surface area is 88.4 Å². The maximum atomic E-state index is 10.5. The van der Waals surface area contributed by atoms with Crippen LogP contribution in [-0.4, -0.2) is 10.0 Å². The molecule has 6 heteroatoms. The molecule has 0 saturated carbocycles. The van der Waals surface area contributed by atoms with E-state index in [0.29, 0.717) is 15.0 Å². The van der Waals surface area contributed by atoms with Crippen molar-refractivity contribution in [3.8, 4) is 5.75 Å². The highest BCUT2D eigenvalue weighted by atomic mass is 32.1. The minimum Gasteiger partial charge on any atom is -0.501 e. The van der Waals surface area contributed by atoms with Gasteiger partial charge in [-0.05, 0) is 12.1 Å². The lowest BCUT2D eigenvalue weighted by molar-refractivity contribution is -0.381. The van der Waals surface area contributed by atoms with Crippen LogP contribution in [0.25, 0.3) is 10.1 Å². The SMILES string of the molecule is O=[N+]([O-])c1sc2cccc(S)c2c1O. The lowest BCUT2D eigenvalue weighted by Crippen LogP contribution is -1.82. The lowest BCUT2D eigenvalue weighted by atomic mass is 10.2. The number of fused-ring (bicyclic) bond motifs is 1. The van der Waals surface area contributed by atoms with Crippen LogP contribution in [0.5, 0.6) is 5.75 Å². The van der Waals surface area contributed by atoms with Crippen LogP contribution in [0.15, 0.2) is 23.1 Å². The van der Waals surface area contributed by atoms with Gasteiger partial charge in [-0.25, -0.2) is 0 Å². The van der Waals surface area contributed by atoms with E-state index in [0.717, 1.165) is 11.3 Å². The quantitative estimate of drug-likeness (QED) is 0.447. The van der Waals surface area contributed by atoms with Gasteiger partial charge in [0, 0.05) is 9.60 Å². The summed E-state index contributed by atoms with van der Waals surface area (Å²) in [6.45, 7) is 0. The van der Waals surface area contributed by atoms with Gasteiger partial charge in [-0.15, -0.1) is 12.6 Å². The van der Waals surface area contributed by atoms with Crippen molar-refractivity contribution in [3.05, 3.63) is 28.3 Å². The molecule has 0 aliphatic heterocycles. The smallest absolute Gasteiger partial charge is 0.366 e. The Hall–Kier alpha value is -1.27. The van der Waals surface area contributed by atoms with Crippen molar-refractivity contribution < 1.29 is 10.0 Å². The molecule has 0 atom stereocenters. The van der Waals surface area contributed by atoms with E-state index < -0.39 is 4.92 Å². The Morgan fingerprint density at radius 1 is 1.50 bits per heavy atom. The third-order valence-electron chi connectivity index (χ3n) is 1.82. The molecule has 0 unspecified atom stereocenters. The minimum absolute atomic E-state index is 0.235. The van der Waals surface area contributed by atoms with Crippen molar-refractivity contribution >= 4 is 39.1 Å². The van der Waals surface area contributed by atoms with Gasteiger partial charge in [0.15, 0.2) is 0 Å². The van der Waals surface area contributed by atoms with Gasteiger partial charge in [0.05, 0.1) is 10.3 Å². The second-order valence-corrected chi connectivity index (χ2v) is 4.18. The van der Waals surface area contributed by atoms with Gasteiger partial charge in [-0.1, -0.05) is 17.4 Å². The molecule has 0 fully saturated rings. The second-order valence-electron chi connectivity index (χ2n) is 2.66. The summed E-state index contributed by atoms with van der Waals surface area (Å²) < 4.78 is 0.668. The number of benzene rings is 1. The third-order valence-corrected chi connectivity index (χ3v) is 3.28. The van der Waals surface area contributed by atoms with E-state index in [1.165, 1.54) is 0 Å². The fourth-order valence-electron chi connectivity index (χ4n) is 1.23. The van der Waals surface area contributed by atoms with Crippen LogP contribution in [0.1, 0.15) is 0 Å².